The van der Waals surface area contributed by atoms with Crippen molar-refractivity contribution in [1.82, 2.24) is 0 Å². The molecule has 2 unspecified atom stereocenters. The highest BCUT2D eigenvalue weighted by Crippen LogP contribution is 2.43. The molecule has 0 fully saturated rings. The third-order valence-electron chi connectivity index (χ3n) is 8.19. The topological polar surface area (TPSA) is 138 Å². The van der Waals surface area contributed by atoms with Crippen molar-refractivity contribution in [3.05, 3.63) is 97.4 Å². The molecule has 0 aliphatic heterocycles. The van der Waals surface area contributed by atoms with Crippen LogP contribution in [0.2, 0.25) is 0 Å². The Hall–Kier alpha value is -2.78. The number of esters is 1. The summed E-state index contributed by atoms with van der Waals surface area (Å²) in [7, 11) is -4.33. The van der Waals surface area contributed by atoms with Crippen LogP contribution in [0.3, 0.4) is 0 Å². The van der Waals surface area contributed by atoms with Crippen molar-refractivity contribution in [2.24, 2.45) is 5.73 Å². The second kappa shape index (κ2) is 40.9. The Labute approximate surface area is 334 Å². The van der Waals surface area contributed by atoms with Gasteiger partial charge in [0.2, 0.25) is 0 Å². The van der Waals surface area contributed by atoms with E-state index in [1.807, 2.05) is 18.2 Å². The highest BCUT2D eigenvalue weighted by atomic mass is 31.2. The van der Waals surface area contributed by atoms with Crippen LogP contribution >= 0.6 is 7.82 Å². The van der Waals surface area contributed by atoms with Crippen LogP contribution in [0.5, 0.6) is 0 Å². The van der Waals surface area contributed by atoms with Gasteiger partial charge in [0, 0.05) is 13.0 Å². The van der Waals surface area contributed by atoms with E-state index in [1.54, 1.807) is 12.2 Å². The van der Waals surface area contributed by atoms with Gasteiger partial charge in [0.05, 0.1) is 25.6 Å². The summed E-state index contributed by atoms with van der Waals surface area (Å²) in [5.74, 6) is -0.524. The first kappa shape index (κ1) is 52.2. The molecular weight excluding hydrogens is 713 g/mol. The van der Waals surface area contributed by atoms with Crippen molar-refractivity contribution in [1.29, 1.82) is 0 Å². The first-order valence-electron chi connectivity index (χ1n) is 20.9. The Morgan fingerprint density at radius 2 is 1.22 bits per heavy atom. The molecule has 0 saturated carbocycles. The molecule has 55 heavy (non-hydrogen) atoms. The lowest BCUT2D eigenvalue weighted by Gasteiger charge is -2.19. The summed E-state index contributed by atoms with van der Waals surface area (Å²) in [5.41, 5.74) is 5.35. The quantitative estimate of drug-likeness (QED) is 0.0139. The smallest absolute Gasteiger partial charge is 0.472 e. The second-order valence-corrected chi connectivity index (χ2v) is 14.8. The lowest BCUT2D eigenvalue weighted by atomic mass is 10.1. The molecule has 9 nitrogen and oxygen atoms in total. The van der Waals surface area contributed by atoms with Crippen molar-refractivity contribution in [2.45, 2.75) is 154 Å². The molecule has 0 saturated heterocycles. The summed E-state index contributed by atoms with van der Waals surface area (Å²) in [6.07, 6.45) is 51.4. The van der Waals surface area contributed by atoms with Crippen LogP contribution in [-0.2, 0) is 27.9 Å². The molecule has 314 valence electrons. The van der Waals surface area contributed by atoms with Crippen molar-refractivity contribution in [3.63, 3.8) is 0 Å². The number of carbonyl (C=O) groups excluding carboxylic acids is 1. The van der Waals surface area contributed by atoms with E-state index in [4.69, 9.17) is 24.3 Å². The van der Waals surface area contributed by atoms with Gasteiger partial charge in [-0.15, -0.1) is 0 Å². The predicted octanol–water partition coefficient (Wildman–Crippen LogP) is 11.6. The Morgan fingerprint density at radius 1 is 0.673 bits per heavy atom. The lowest BCUT2D eigenvalue weighted by molar-refractivity contribution is -0.147. The van der Waals surface area contributed by atoms with Crippen molar-refractivity contribution < 1.29 is 37.9 Å². The number of carbonyl (C=O) groups is 1. The summed E-state index contributed by atoms with van der Waals surface area (Å²) in [6.45, 7) is 3.78. The molecule has 0 aliphatic rings. The van der Waals surface area contributed by atoms with Crippen LogP contribution in [-0.4, -0.2) is 54.5 Å². The number of aliphatic hydroxyl groups is 1. The van der Waals surface area contributed by atoms with E-state index in [1.165, 1.54) is 64.0 Å². The van der Waals surface area contributed by atoms with E-state index in [0.717, 1.165) is 57.8 Å². The lowest BCUT2D eigenvalue weighted by Crippen LogP contribution is -2.26. The maximum atomic E-state index is 12.4. The minimum atomic E-state index is -4.33. The molecule has 0 heterocycles. The highest BCUT2D eigenvalue weighted by Gasteiger charge is 2.24. The largest absolute Gasteiger partial charge is 0.492 e. The number of aliphatic hydroxyl groups excluding tert-OH is 1. The second-order valence-electron chi connectivity index (χ2n) is 13.4. The molecular formula is C45H76NO8P. The molecule has 0 radical (unpaired) electrons. The maximum Gasteiger partial charge on any atom is 0.472 e. The summed E-state index contributed by atoms with van der Waals surface area (Å²) in [5, 5.41) is 10.3. The first-order chi connectivity index (χ1) is 26.8. The number of hydrogen-bond donors (Lipinski definition) is 3. The van der Waals surface area contributed by atoms with E-state index in [9.17, 15) is 19.4 Å². The van der Waals surface area contributed by atoms with Gasteiger partial charge in [-0.2, -0.15) is 0 Å². The predicted molar refractivity (Wildman–Crippen MR) is 229 cm³/mol. The summed E-state index contributed by atoms with van der Waals surface area (Å²) >= 11 is 0. The number of rotatable bonds is 38. The standard InChI is InChI=1S/C45H76NO8P/c1-3-5-7-9-11-13-15-17-19-21-23-25-27-29-31-33-35-43(47)36-37-45(48)52-41-44(42-54-55(49,50)53-40-38-46)51-39-34-32-30-28-26-24-22-20-18-16-14-12-10-8-6-4-2/h5,7,11,13,17-20,23,25,29,31,33-35,39,43-44,47H,3-4,6,8-10,12,14-16,21-22,24,26-28,30,32,36-38,40-42,46H2,1-2H3,(H,49,50)/b7-5-,13-11-,19-17-,20-18-,25-23-,31-29-,35-33-,39-34+/t43?,44-/m1/s1. The van der Waals surface area contributed by atoms with Crippen LogP contribution in [0, 0.1) is 0 Å². The zero-order chi connectivity index (χ0) is 40.3. The van der Waals surface area contributed by atoms with E-state index in [-0.39, 0.29) is 39.2 Å². The fourth-order valence-corrected chi connectivity index (χ4v) is 5.79. The summed E-state index contributed by atoms with van der Waals surface area (Å²) < 4.78 is 33.0. The molecule has 0 rings (SSSR count). The van der Waals surface area contributed by atoms with Gasteiger partial charge in [0.15, 0.2) is 6.10 Å². The molecule has 0 bridgehead atoms. The average Bonchev–Trinajstić information content (AvgIpc) is 3.18. The Bertz CT molecular complexity index is 1170. The minimum absolute atomic E-state index is 0.00634. The zero-order valence-corrected chi connectivity index (χ0v) is 35.1. The van der Waals surface area contributed by atoms with Crippen molar-refractivity contribution >= 4 is 13.8 Å². The SMILES string of the molecule is CC/C=C\C/C=C\C/C=C\C/C=C\C/C=C\C=C/C(O)CCC(=O)OC[C@H](COP(=O)(O)OCCN)O/C=C/CCCCCC/C=C\CCCCCCCC. The van der Waals surface area contributed by atoms with Gasteiger partial charge in [0.25, 0.3) is 0 Å². The number of ether oxygens (including phenoxy) is 2. The van der Waals surface area contributed by atoms with Gasteiger partial charge >= 0.3 is 13.8 Å². The Morgan fingerprint density at radius 3 is 1.80 bits per heavy atom. The van der Waals surface area contributed by atoms with Gasteiger partial charge in [-0.3, -0.25) is 13.8 Å². The average molecular weight is 790 g/mol. The summed E-state index contributed by atoms with van der Waals surface area (Å²) in [4.78, 5) is 22.3. The van der Waals surface area contributed by atoms with Crippen molar-refractivity contribution in [3.8, 4) is 0 Å². The van der Waals surface area contributed by atoms with Gasteiger partial charge in [-0.1, -0.05) is 144 Å². The normalized spacial score (nSPS) is 15.0. The molecule has 0 aromatic rings. The van der Waals surface area contributed by atoms with Gasteiger partial charge in [-0.05, 0) is 83.1 Å². The van der Waals surface area contributed by atoms with Gasteiger partial charge in [0.1, 0.15) is 6.61 Å². The fourth-order valence-electron chi connectivity index (χ4n) is 5.02. The third-order valence-corrected chi connectivity index (χ3v) is 9.18. The van der Waals surface area contributed by atoms with E-state index in [0.29, 0.717) is 0 Å². The van der Waals surface area contributed by atoms with Crippen LogP contribution in [0.25, 0.3) is 0 Å². The fraction of sp³-hybridized carbons (Fsp3) is 0.622. The number of unbranched alkanes of at least 4 members (excludes halogenated alkanes) is 11. The van der Waals surface area contributed by atoms with Gasteiger partial charge in [-0.25, -0.2) is 4.57 Å². The zero-order valence-electron chi connectivity index (χ0n) is 34.2. The first-order valence-corrected chi connectivity index (χ1v) is 22.4. The Kier molecular flexibility index (Phi) is 38.8. The molecule has 0 amide bonds. The van der Waals surface area contributed by atoms with Crippen molar-refractivity contribution in [2.75, 3.05) is 26.4 Å². The monoisotopic (exact) mass is 790 g/mol. The van der Waals surface area contributed by atoms with Crippen LogP contribution in [0.1, 0.15) is 142 Å². The maximum absolute atomic E-state index is 12.4. The molecule has 0 aliphatic carbocycles. The number of phosphoric ester groups is 1. The van der Waals surface area contributed by atoms with Crippen LogP contribution < -0.4 is 5.73 Å². The van der Waals surface area contributed by atoms with E-state index in [2.05, 4.69) is 74.6 Å². The number of nitrogens with two attached hydrogens (primary N) is 1. The molecule has 4 N–H and O–H groups in total. The molecule has 10 heteroatoms. The Balaban J connectivity index is 4.38. The van der Waals surface area contributed by atoms with Crippen LogP contribution in [0.15, 0.2) is 97.4 Å². The molecule has 3 atom stereocenters. The summed E-state index contributed by atoms with van der Waals surface area (Å²) in [6, 6.07) is 0. The number of hydrogen-bond acceptors (Lipinski definition) is 8. The number of allylic oxidation sites excluding steroid dienone is 14. The minimum Gasteiger partial charge on any atom is -0.492 e. The molecule has 0 aromatic heterocycles. The molecule has 0 spiro atoms. The van der Waals surface area contributed by atoms with E-state index >= 15 is 0 Å². The number of phosphoric acid groups is 1. The van der Waals surface area contributed by atoms with E-state index < -0.39 is 26.0 Å². The van der Waals surface area contributed by atoms with Gasteiger partial charge < -0.3 is 25.2 Å². The van der Waals surface area contributed by atoms with Crippen LogP contribution in [0.4, 0.5) is 0 Å². The molecule has 0 aromatic carbocycles. The highest BCUT2D eigenvalue weighted by molar-refractivity contribution is 7.47. The third kappa shape index (κ3) is 40.7.